The highest BCUT2D eigenvalue weighted by Crippen LogP contribution is 2.45. The summed E-state index contributed by atoms with van der Waals surface area (Å²) in [5.74, 6) is 1.65. The molecule has 0 aliphatic rings. The molecule has 3 heterocycles. The molecule has 0 fully saturated rings. The van der Waals surface area contributed by atoms with Gasteiger partial charge in [-0.3, -0.25) is 14.7 Å². The number of para-hydroxylation sites is 1. The van der Waals surface area contributed by atoms with E-state index in [1.54, 1.807) is 0 Å². The van der Waals surface area contributed by atoms with Crippen molar-refractivity contribution in [1.29, 1.82) is 0 Å². The molecule has 7 nitrogen and oxygen atoms in total. The molecule has 5 aromatic carbocycles. The fourth-order valence-corrected chi connectivity index (χ4v) is 6.80. The molecule has 0 aliphatic carbocycles. The lowest BCUT2D eigenvalue weighted by atomic mass is 10.1. The molecule has 0 spiro atoms. The Morgan fingerprint density at radius 1 is 0.581 bits per heavy atom. The van der Waals surface area contributed by atoms with Gasteiger partial charge in [0.25, 0.3) is 5.69 Å². The molecule has 0 unspecified atom stereocenters. The van der Waals surface area contributed by atoms with Crippen molar-refractivity contribution < 1.29 is 4.92 Å². The maximum atomic E-state index is 12.2. The molecule has 3 aromatic heterocycles. The van der Waals surface area contributed by atoms with Crippen LogP contribution in [0.15, 0.2) is 127 Å². The second kappa shape index (κ2) is 9.97. The minimum absolute atomic E-state index is 0.140. The Morgan fingerprint density at radius 3 is 1.84 bits per heavy atom. The second-order valence-corrected chi connectivity index (χ2v) is 11.2. The number of hydrogen-bond donors (Lipinski definition) is 0. The van der Waals surface area contributed by atoms with Gasteiger partial charge in [0.05, 0.1) is 21.3 Å². The van der Waals surface area contributed by atoms with Gasteiger partial charge in [-0.15, -0.1) is 11.3 Å². The zero-order valence-corrected chi connectivity index (χ0v) is 23.4. The molecule has 0 saturated carbocycles. The summed E-state index contributed by atoms with van der Waals surface area (Å²) in [5.41, 5.74) is 4.56. The van der Waals surface area contributed by atoms with Gasteiger partial charge in [0.15, 0.2) is 11.6 Å². The average molecular weight is 576 g/mol. The third-order valence-corrected chi connectivity index (χ3v) is 8.78. The van der Waals surface area contributed by atoms with Crippen LogP contribution in [0.1, 0.15) is 0 Å². The van der Waals surface area contributed by atoms with Gasteiger partial charge >= 0.3 is 0 Å². The zero-order valence-electron chi connectivity index (χ0n) is 22.6. The Kier molecular flexibility index (Phi) is 5.80. The van der Waals surface area contributed by atoms with Crippen LogP contribution in [0.2, 0.25) is 0 Å². The first-order valence-electron chi connectivity index (χ1n) is 13.7. The van der Waals surface area contributed by atoms with E-state index in [1.165, 1.54) is 11.3 Å². The fraction of sp³-hybridized carbons (Fsp3) is 0. The number of thiophene rings is 1. The van der Waals surface area contributed by atoms with Crippen LogP contribution in [0.25, 0.3) is 71.1 Å². The van der Waals surface area contributed by atoms with E-state index in [-0.39, 0.29) is 10.6 Å². The lowest BCUT2D eigenvalue weighted by molar-refractivity contribution is -0.382. The first-order chi connectivity index (χ1) is 21.2. The number of benzene rings is 5. The first-order valence-corrected chi connectivity index (χ1v) is 14.5. The molecule has 0 atom stereocenters. The van der Waals surface area contributed by atoms with Gasteiger partial charge in [0.1, 0.15) is 4.88 Å². The maximum absolute atomic E-state index is 12.2. The Morgan fingerprint density at radius 2 is 1.16 bits per heavy atom. The normalized spacial score (nSPS) is 11.4. The van der Waals surface area contributed by atoms with Gasteiger partial charge in [-0.25, -0.2) is 4.98 Å². The number of rotatable bonds is 5. The third-order valence-electron chi connectivity index (χ3n) is 7.57. The Bertz CT molecular complexity index is 2270. The van der Waals surface area contributed by atoms with E-state index in [0.29, 0.717) is 27.9 Å². The van der Waals surface area contributed by atoms with Crippen molar-refractivity contribution in [2.45, 2.75) is 0 Å². The molecule has 8 rings (SSSR count). The molecule has 0 saturated heterocycles. The van der Waals surface area contributed by atoms with Gasteiger partial charge in [0.2, 0.25) is 5.95 Å². The predicted octanol–water partition coefficient (Wildman–Crippen LogP) is 9.09. The molecule has 0 N–H and O–H groups in total. The minimum Gasteiger partial charge on any atom is -0.278 e. The van der Waals surface area contributed by atoms with Crippen LogP contribution >= 0.6 is 11.3 Å². The number of nitrogens with zero attached hydrogens (tertiary/aromatic N) is 5. The molecule has 0 radical (unpaired) electrons. The second-order valence-electron chi connectivity index (χ2n) is 10.1. The number of hydrogen-bond acceptors (Lipinski definition) is 6. The summed E-state index contributed by atoms with van der Waals surface area (Å²) >= 11 is 1.44. The van der Waals surface area contributed by atoms with Crippen molar-refractivity contribution in [1.82, 2.24) is 19.5 Å². The van der Waals surface area contributed by atoms with Crippen LogP contribution in [0, 0.1) is 10.1 Å². The highest BCUT2D eigenvalue weighted by Gasteiger charge is 2.25. The third kappa shape index (κ3) is 4.15. The van der Waals surface area contributed by atoms with E-state index >= 15 is 0 Å². The molecule has 43 heavy (non-hydrogen) atoms. The van der Waals surface area contributed by atoms with Crippen molar-refractivity contribution in [3.8, 4) is 39.2 Å². The standard InChI is InChI=1S/C35H21N5O2S/c41-40(42)31-26-16-8-10-18-30(26)43-32(31)24-19-20-29-27(21-24)25-15-7-9-17-28(25)39(29)35-37-33(22-11-3-1-4-12-22)36-34(38-35)23-13-5-2-6-14-23/h1-21H. The molecule has 8 aromatic rings. The predicted molar refractivity (Wildman–Crippen MR) is 173 cm³/mol. The lowest BCUT2D eigenvalue weighted by Crippen LogP contribution is -2.06. The minimum atomic E-state index is -0.275. The van der Waals surface area contributed by atoms with Gasteiger partial charge in [-0.2, -0.15) is 9.97 Å². The molecular weight excluding hydrogens is 554 g/mol. The van der Waals surface area contributed by atoms with Gasteiger partial charge in [-0.1, -0.05) is 97.1 Å². The van der Waals surface area contributed by atoms with Crippen molar-refractivity contribution in [3.63, 3.8) is 0 Å². The highest BCUT2D eigenvalue weighted by atomic mass is 32.1. The quantitative estimate of drug-likeness (QED) is 0.151. The van der Waals surface area contributed by atoms with Crippen molar-refractivity contribution >= 4 is 48.9 Å². The molecule has 0 bridgehead atoms. The Hall–Kier alpha value is -5.73. The van der Waals surface area contributed by atoms with E-state index in [2.05, 4.69) is 6.07 Å². The van der Waals surface area contributed by atoms with Gasteiger partial charge < -0.3 is 0 Å². The van der Waals surface area contributed by atoms with Crippen LogP contribution in [-0.4, -0.2) is 24.4 Å². The van der Waals surface area contributed by atoms with Crippen LogP contribution in [0.3, 0.4) is 0 Å². The summed E-state index contributed by atoms with van der Waals surface area (Å²) in [6.45, 7) is 0. The molecule has 8 heteroatoms. The summed E-state index contributed by atoms with van der Waals surface area (Å²) in [6.07, 6.45) is 0. The molecule has 0 aliphatic heterocycles. The Balaban J connectivity index is 1.39. The molecule has 0 amide bonds. The van der Waals surface area contributed by atoms with Crippen molar-refractivity contribution in [3.05, 3.63) is 138 Å². The van der Waals surface area contributed by atoms with Crippen LogP contribution in [0.4, 0.5) is 5.69 Å². The van der Waals surface area contributed by atoms with Gasteiger partial charge in [0, 0.05) is 26.6 Å². The smallest absolute Gasteiger partial charge is 0.278 e. The summed E-state index contributed by atoms with van der Waals surface area (Å²) in [5, 5.41) is 14.8. The number of nitro groups is 1. The van der Waals surface area contributed by atoms with E-state index in [1.807, 2.05) is 126 Å². The van der Waals surface area contributed by atoms with Crippen LogP contribution in [0.5, 0.6) is 0 Å². The maximum Gasteiger partial charge on any atom is 0.295 e. The summed E-state index contributed by atoms with van der Waals surface area (Å²) < 4.78 is 2.94. The number of fused-ring (bicyclic) bond motifs is 4. The number of aromatic nitrogens is 4. The first kappa shape index (κ1) is 25.0. The van der Waals surface area contributed by atoms with Gasteiger partial charge in [-0.05, 0) is 35.9 Å². The van der Waals surface area contributed by atoms with E-state index in [4.69, 9.17) is 15.0 Å². The SMILES string of the molecule is O=[N+]([O-])c1c(-c2ccc3c(c2)c2ccccc2n3-c2nc(-c3ccccc3)nc(-c3ccccc3)n2)sc2ccccc12. The Labute approximate surface area is 249 Å². The monoisotopic (exact) mass is 575 g/mol. The zero-order chi connectivity index (χ0) is 28.9. The van der Waals surface area contributed by atoms with E-state index in [0.717, 1.165) is 43.2 Å². The summed E-state index contributed by atoms with van der Waals surface area (Å²) in [4.78, 5) is 27.4. The van der Waals surface area contributed by atoms with Crippen molar-refractivity contribution in [2.75, 3.05) is 0 Å². The van der Waals surface area contributed by atoms with E-state index < -0.39 is 0 Å². The summed E-state index contributed by atoms with van der Waals surface area (Å²) in [7, 11) is 0. The highest BCUT2D eigenvalue weighted by molar-refractivity contribution is 7.23. The topological polar surface area (TPSA) is 86.7 Å². The van der Waals surface area contributed by atoms with Crippen LogP contribution in [-0.2, 0) is 0 Å². The van der Waals surface area contributed by atoms with Crippen LogP contribution < -0.4 is 0 Å². The largest absolute Gasteiger partial charge is 0.295 e. The summed E-state index contributed by atoms with van der Waals surface area (Å²) in [6, 6.07) is 41.4. The fourth-order valence-electron chi connectivity index (χ4n) is 5.64. The molecular formula is C35H21N5O2S. The van der Waals surface area contributed by atoms with Crippen molar-refractivity contribution in [2.24, 2.45) is 0 Å². The van der Waals surface area contributed by atoms with E-state index in [9.17, 15) is 10.1 Å². The lowest BCUT2D eigenvalue weighted by Gasteiger charge is -2.11. The average Bonchev–Trinajstić information content (AvgIpc) is 3.62. The molecule has 204 valence electrons.